The lowest BCUT2D eigenvalue weighted by Crippen LogP contribution is -2.37. The average molecular weight is 381 g/mol. The van der Waals surface area contributed by atoms with Crippen LogP contribution in [0.4, 0.5) is 0 Å². The molecule has 134 valence electrons. The first-order chi connectivity index (χ1) is 12.0. The molecule has 0 spiro atoms. The van der Waals surface area contributed by atoms with Crippen molar-refractivity contribution in [1.29, 1.82) is 0 Å². The van der Waals surface area contributed by atoms with Gasteiger partial charge < -0.3 is 4.90 Å². The molecule has 2 aliphatic rings. The third kappa shape index (κ3) is 3.56. The normalized spacial score (nSPS) is 18.5. The van der Waals surface area contributed by atoms with Crippen molar-refractivity contribution in [1.82, 2.24) is 9.80 Å². The molecule has 0 N–H and O–H groups in total. The zero-order chi connectivity index (χ0) is 18.0. The summed E-state index contributed by atoms with van der Waals surface area (Å²) in [5.74, 6) is -0.440. The van der Waals surface area contributed by atoms with E-state index in [4.69, 9.17) is 23.2 Å². The first kappa shape index (κ1) is 18.3. The maximum atomic E-state index is 13.0. The summed E-state index contributed by atoms with van der Waals surface area (Å²) in [6.45, 7) is 4.08. The number of benzene rings is 1. The second kappa shape index (κ2) is 7.79. The minimum Gasteiger partial charge on any atom is -0.366 e. The fourth-order valence-corrected chi connectivity index (χ4v) is 3.93. The van der Waals surface area contributed by atoms with Crippen LogP contribution < -0.4 is 0 Å². The number of amides is 2. The number of rotatable bonds is 5. The Morgan fingerprint density at radius 3 is 2.40 bits per heavy atom. The summed E-state index contributed by atoms with van der Waals surface area (Å²) >= 11 is 12.4. The number of hydrogen-bond acceptors (Lipinski definition) is 3. The largest absolute Gasteiger partial charge is 0.366 e. The van der Waals surface area contributed by atoms with Crippen LogP contribution in [0.1, 0.15) is 44.6 Å². The van der Waals surface area contributed by atoms with Gasteiger partial charge in [0.15, 0.2) is 0 Å². The first-order valence-electron chi connectivity index (χ1n) is 8.85. The van der Waals surface area contributed by atoms with Crippen molar-refractivity contribution in [2.24, 2.45) is 0 Å². The zero-order valence-corrected chi connectivity index (χ0v) is 15.9. The van der Waals surface area contributed by atoms with Gasteiger partial charge in [-0.15, -0.1) is 0 Å². The molecule has 0 aliphatic carbocycles. The van der Waals surface area contributed by atoms with Crippen LogP contribution in [0.3, 0.4) is 0 Å². The number of likely N-dealkylation sites (tertiary alicyclic amines) is 1. The van der Waals surface area contributed by atoms with Crippen molar-refractivity contribution in [3.63, 3.8) is 0 Å². The Kier molecular flexibility index (Phi) is 5.70. The van der Waals surface area contributed by atoms with Crippen molar-refractivity contribution < 1.29 is 9.59 Å². The molecule has 0 radical (unpaired) electrons. The molecule has 3 rings (SSSR count). The molecule has 0 bridgehead atoms. The summed E-state index contributed by atoms with van der Waals surface area (Å²) in [6.07, 6.45) is 4.94. The van der Waals surface area contributed by atoms with Crippen molar-refractivity contribution >= 4 is 40.6 Å². The van der Waals surface area contributed by atoms with Crippen LogP contribution in [-0.4, -0.2) is 41.2 Å². The van der Waals surface area contributed by atoms with E-state index in [2.05, 4.69) is 4.90 Å². The third-order valence-corrected chi connectivity index (χ3v) is 5.30. The third-order valence-electron chi connectivity index (χ3n) is 4.75. The molecule has 0 unspecified atom stereocenters. The van der Waals surface area contributed by atoms with E-state index >= 15 is 0 Å². The van der Waals surface area contributed by atoms with E-state index in [1.807, 2.05) is 6.92 Å². The van der Waals surface area contributed by atoms with Gasteiger partial charge in [-0.05, 0) is 37.8 Å². The zero-order valence-electron chi connectivity index (χ0n) is 14.4. The second-order valence-corrected chi connectivity index (χ2v) is 7.35. The van der Waals surface area contributed by atoms with Crippen molar-refractivity contribution in [2.75, 3.05) is 19.6 Å². The lowest BCUT2D eigenvalue weighted by molar-refractivity contribution is -0.137. The quantitative estimate of drug-likeness (QED) is 0.712. The summed E-state index contributed by atoms with van der Waals surface area (Å²) < 4.78 is 0. The Balaban J connectivity index is 2.07. The van der Waals surface area contributed by atoms with Crippen molar-refractivity contribution in [3.05, 3.63) is 39.5 Å². The Morgan fingerprint density at radius 1 is 1.04 bits per heavy atom. The van der Waals surface area contributed by atoms with E-state index in [1.54, 1.807) is 18.2 Å². The number of carbonyl (C=O) groups is 2. The van der Waals surface area contributed by atoms with Gasteiger partial charge in [-0.2, -0.15) is 0 Å². The highest BCUT2D eigenvalue weighted by Gasteiger charge is 2.41. The highest BCUT2D eigenvalue weighted by Crippen LogP contribution is 2.37. The van der Waals surface area contributed by atoms with E-state index in [-0.39, 0.29) is 11.8 Å². The number of halogens is 2. The van der Waals surface area contributed by atoms with Gasteiger partial charge in [-0.3, -0.25) is 14.5 Å². The van der Waals surface area contributed by atoms with Crippen molar-refractivity contribution in [2.45, 2.75) is 39.0 Å². The predicted molar refractivity (Wildman–Crippen MR) is 100 cm³/mol. The highest BCUT2D eigenvalue weighted by molar-refractivity contribution is 6.41. The number of nitrogens with zero attached hydrogens (tertiary/aromatic N) is 2. The maximum absolute atomic E-state index is 13.0. The summed E-state index contributed by atoms with van der Waals surface area (Å²) in [5.41, 5.74) is 1.51. The van der Waals surface area contributed by atoms with Crippen LogP contribution in [0.15, 0.2) is 23.9 Å². The maximum Gasteiger partial charge on any atom is 0.277 e. The Labute approximate surface area is 158 Å². The molecule has 2 aliphatic heterocycles. The first-order valence-corrected chi connectivity index (χ1v) is 9.61. The lowest BCUT2D eigenvalue weighted by atomic mass is 10.0. The molecule has 1 fully saturated rings. The van der Waals surface area contributed by atoms with Gasteiger partial charge in [0, 0.05) is 30.2 Å². The number of unbranched alkanes of at least 4 members (excludes halogenated alkanes) is 1. The van der Waals surface area contributed by atoms with Gasteiger partial charge in [0.05, 0.1) is 10.6 Å². The summed E-state index contributed by atoms with van der Waals surface area (Å²) in [4.78, 5) is 29.5. The minimum absolute atomic E-state index is 0.193. The predicted octanol–water partition coefficient (Wildman–Crippen LogP) is 4.36. The molecular weight excluding hydrogens is 359 g/mol. The van der Waals surface area contributed by atoms with Gasteiger partial charge in [-0.1, -0.05) is 42.6 Å². The molecule has 0 aromatic heterocycles. The second-order valence-electron chi connectivity index (χ2n) is 6.51. The molecule has 25 heavy (non-hydrogen) atoms. The molecule has 2 amide bonds. The number of hydrogen-bond donors (Lipinski definition) is 0. The fourth-order valence-electron chi connectivity index (χ4n) is 3.43. The molecule has 1 aromatic rings. The Bertz CT molecular complexity index is 724. The molecule has 2 heterocycles. The van der Waals surface area contributed by atoms with Crippen LogP contribution in [-0.2, 0) is 9.59 Å². The van der Waals surface area contributed by atoms with E-state index in [0.29, 0.717) is 33.4 Å². The number of piperidine rings is 1. The summed E-state index contributed by atoms with van der Waals surface area (Å²) in [7, 11) is 0. The summed E-state index contributed by atoms with van der Waals surface area (Å²) in [5, 5.41) is 0.906. The van der Waals surface area contributed by atoms with Crippen LogP contribution in [0.2, 0.25) is 10.0 Å². The van der Waals surface area contributed by atoms with Crippen LogP contribution in [0.25, 0.3) is 5.57 Å². The topological polar surface area (TPSA) is 40.6 Å². The van der Waals surface area contributed by atoms with Gasteiger partial charge in [0.2, 0.25) is 0 Å². The number of carbonyl (C=O) groups excluding carboxylic acids is 2. The van der Waals surface area contributed by atoms with E-state index < -0.39 is 0 Å². The van der Waals surface area contributed by atoms with Gasteiger partial charge in [0.25, 0.3) is 11.8 Å². The lowest BCUT2D eigenvalue weighted by Gasteiger charge is -2.29. The number of imide groups is 1. The van der Waals surface area contributed by atoms with E-state index in [9.17, 15) is 9.59 Å². The smallest absolute Gasteiger partial charge is 0.277 e. The van der Waals surface area contributed by atoms with Crippen molar-refractivity contribution in [3.8, 4) is 0 Å². The summed E-state index contributed by atoms with van der Waals surface area (Å²) in [6, 6.07) is 5.06. The molecule has 0 atom stereocenters. The van der Waals surface area contributed by atoms with Crippen LogP contribution in [0.5, 0.6) is 0 Å². The van der Waals surface area contributed by atoms with Gasteiger partial charge >= 0.3 is 0 Å². The van der Waals surface area contributed by atoms with Crippen LogP contribution >= 0.6 is 23.2 Å². The molecular formula is C19H22Cl2N2O2. The minimum atomic E-state index is -0.247. The molecule has 1 saturated heterocycles. The molecule has 6 heteroatoms. The Hall–Kier alpha value is -1.52. The molecule has 1 aromatic carbocycles. The van der Waals surface area contributed by atoms with Gasteiger partial charge in [0.1, 0.15) is 5.70 Å². The average Bonchev–Trinajstić information content (AvgIpc) is 2.84. The van der Waals surface area contributed by atoms with Crippen LogP contribution in [0, 0.1) is 0 Å². The SMILES string of the molecule is CCCCN1C(=O)C(c2ccc(Cl)cc2Cl)=C(N2CCCCC2)C1=O. The van der Waals surface area contributed by atoms with E-state index in [1.165, 1.54) is 4.90 Å². The molecule has 0 saturated carbocycles. The fraction of sp³-hybridized carbons (Fsp3) is 0.474. The Morgan fingerprint density at radius 2 is 1.76 bits per heavy atom. The van der Waals surface area contributed by atoms with E-state index in [0.717, 1.165) is 45.2 Å². The van der Waals surface area contributed by atoms with Gasteiger partial charge in [-0.25, -0.2) is 0 Å². The molecule has 4 nitrogen and oxygen atoms in total. The monoisotopic (exact) mass is 380 g/mol. The highest BCUT2D eigenvalue weighted by atomic mass is 35.5. The standard InChI is InChI=1S/C19H22Cl2N2O2/c1-2-3-11-23-18(24)16(14-8-7-13(20)12-15(14)21)17(19(23)25)22-9-5-4-6-10-22/h7-8,12H,2-6,9-11H2,1H3.